The van der Waals surface area contributed by atoms with E-state index in [2.05, 4.69) is 10.2 Å². The Hall–Kier alpha value is -0.650. The fraction of sp³-hybridized carbons (Fsp3) is 0.929. The van der Waals surface area contributed by atoms with Crippen molar-refractivity contribution >= 4 is 5.91 Å². The molecule has 1 saturated carbocycles. The number of nitrogens with one attached hydrogen (secondary N) is 1. The van der Waals surface area contributed by atoms with Crippen molar-refractivity contribution in [3.63, 3.8) is 0 Å². The summed E-state index contributed by atoms with van der Waals surface area (Å²) in [5, 5.41) is 3.05. The topological polar surface area (TPSA) is 67.6 Å². The van der Waals surface area contributed by atoms with Crippen molar-refractivity contribution in [2.45, 2.75) is 38.1 Å². The highest BCUT2D eigenvalue weighted by atomic mass is 16.5. The highest BCUT2D eigenvalue weighted by Crippen LogP contribution is 2.22. The molecule has 1 amide bonds. The first-order chi connectivity index (χ1) is 9.27. The third kappa shape index (κ3) is 4.75. The second-order valence-corrected chi connectivity index (χ2v) is 5.65. The molecular weight excluding hydrogens is 242 g/mol. The molecule has 1 aliphatic heterocycles. The second kappa shape index (κ2) is 7.82. The van der Waals surface area contributed by atoms with Gasteiger partial charge in [-0.3, -0.25) is 9.69 Å². The Morgan fingerprint density at radius 1 is 1.26 bits per heavy atom. The largest absolute Gasteiger partial charge is 0.379 e. The summed E-state index contributed by atoms with van der Waals surface area (Å²) in [5.41, 5.74) is 6.02. The molecule has 1 heterocycles. The molecule has 0 aromatic rings. The van der Waals surface area contributed by atoms with E-state index < -0.39 is 0 Å². The van der Waals surface area contributed by atoms with Gasteiger partial charge in [-0.15, -0.1) is 0 Å². The van der Waals surface area contributed by atoms with E-state index in [9.17, 15) is 4.79 Å². The zero-order chi connectivity index (χ0) is 13.5. The lowest BCUT2D eigenvalue weighted by atomic mass is 9.84. The predicted octanol–water partition coefficient (Wildman–Crippen LogP) is 0.342. The van der Waals surface area contributed by atoms with E-state index in [1.807, 2.05) is 0 Å². The summed E-state index contributed by atoms with van der Waals surface area (Å²) in [6.07, 6.45) is 5.26. The standard InChI is InChI=1S/C14H27N3O2/c15-13-5-2-1-4-12(13)14(18)16-6-3-7-17-8-10-19-11-9-17/h12-13H,1-11,15H2,(H,16,18)/t12-,13+/m1/s1. The number of hydrogen-bond acceptors (Lipinski definition) is 4. The minimum Gasteiger partial charge on any atom is -0.379 e. The molecule has 0 aromatic carbocycles. The maximum atomic E-state index is 12.0. The maximum absolute atomic E-state index is 12.0. The van der Waals surface area contributed by atoms with Gasteiger partial charge in [0.2, 0.25) is 5.91 Å². The molecule has 2 fully saturated rings. The average Bonchev–Trinajstić information content (AvgIpc) is 2.45. The normalized spacial score (nSPS) is 29.1. The van der Waals surface area contributed by atoms with E-state index in [4.69, 9.17) is 10.5 Å². The van der Waals surface area contributed by atoms with Crippen LogP contribution in [0.3, 0.4) is 0 Å². The van der Waals surface area contributed by atoms with Crippen LogP contribution < -0.4 is 11.1 Å². The van der Waals surface area contributed by atoms with Crippen LogP contribution in [0.2, 0.25) is 0 Å². The van der Waals surface area contributed by atoms with Gasteiger partial charge in [0.05, 0.1) is 19.1 Å². The smallest absolute Gasteiger partial charge is 0.224 e. The molecule has 1 aliphatic carbocycles. The van der Waals surface area contributed by atoms with Crippen LogP contribution in [0.1, 0.15) is 32.1 Å². The number of nitrogens with zero attached hydrogens (tertiary/aromatic N) is 1. The quantitative estimate of drug-likeness (QED) is 0.706. The molecule has 2 rings (SSSR count). The molecule has 0 radical (unpaired) electrons. The fourth-order valence-electron chi connectivity index (χ4n) is 2.96. The first-order valence-electron chi connectivity index (χ1n) is 7.61. The molecule has 1 saturated heterocycles. The molecule has 0 unspecified atom stereocenters. The lowest BCUT2D eigenvalue weighted by molar-refractivity contribution is -0.126. The van der Waals surface area contributed by atoms with Gasteiger partial charge in [0.25, 0.3) is 0 Å². The molecule has 0 spiro atoms. The van der Waals surface area contributed by atoms with Gasteiger partial charge >= 0.3 is 0 Å². The van der Waals surface area contributed by atoms with E-state index in [1.54, 1.807) is 0 Å². The van der Waals surface area contributed by atoms with Crippen molar-refractivity contribution in [2.24, 2.45) is 11.7 Å². The van der Waals surface area contributed by atoms with Gasteiger partial charge in [0, 0.05) is 25.7 Å². The molecule has 0 bridgehead atoms. The summed E-state index contributed by atoms with van der Waals surface area (Å²) >= 11 is 0. The van der Waals surface area contributed by atoms with Crippen LogP contribution in [0.5, 0.6) is 0 Å². The van der Waals surface area contributed by atoms with Crippen LogP contribution >= 0.6 is 0 Å². The number of carbonyl (C=O) groups excluding carboxylic acids is 1. The highest BCUT2D eigenvalue weighted by Gasteiger charge is 2.27. The van der Waals surface area contributed by atoms with Crippen molar-refractivity contribution in [1.82, 2.24) is 10.2 Å². The molecule has 0 aromatic heterocycles. The van der Waals surface area contributed by atoms with Gasteiger partial charge in [-0.05, 0) is 25.8 Å². The Bertz CT molecular complexity index is 280. The summed E-state index contributed by atoms with van der Waals surface area (Å²) in [4.78, 5) is 14.4. The zero-order valence-electron chi connectivity index (χ0n) is 11.8. The van der Waals surface area contributed by atoms with E-state index >= 15 is 0 Å². The molecular formula is C14H27N3O2. The monoisotopic (exact) mass is 269 g/mol. The number of ether oxygens (including phenoxy) is 1. The van der Waals surface area contributed by atoms with Gasteiger partial charge in [-0.25, -0.2) is 0 Å². The van der Waals surface area contributed by atoms with Gasteiger partial charge in [0.15, 0.2) is 0 Å². The fourth-order valence-corrected chi connectivity index (χ4v) is 2.96. The summed E-state index contributed by atoms with van der Waals surface area (Å²) < 4.78 is 5.31. The summed E-state index contributed by atoms with van der Waals surface area (Å²) in [6.45, 7) is 5.51. The van der Waals surface area contributed by atoms with Crippen LogP contribution in [-0.4, -0.2) is 56.2 Å². The van der Waals surface area contributed by atoms with Gasteiger partial charge in [0.1, 0.15) is 0 Å². The Balaban J connectivity index is 1.58. The third-order valence-corrected chi connectivity index (χ3v) is 4.21. The number of nitrogens with two attached hydrogens (primary N) is 1. The van der Waals surface area contributed by atoms with Crippen molar-refractivity contribution in [3.8, 4) is 0 Å². The van der Waals surface area contributed by atoms with Gasteiger partial charge < -0.3 is 15.8 Å². The molecule has 3 N–H and O–H groups in total. The number of rotatable bonds is 5. The molecule has 19 heavy (non-hydrogen) atoms. The first kappa shape index (κ1) is 14.8. The van der Waals surface area contributed by atoms with Crippen LogP contribution in [0, 0.1) is 5.92 Å². The Morgan fingerprint density at radius 3 is 2.74 bits per heavy atom. The van der Waals surface area contributed by atoms with Crippen LogP contribution in [0.15, 0.2) is 0 Å². The van der Waals surface area contributed by atoms with Crippen LogP contribution in [-0.2, 0) is 9.53 Å². The second-order valence-electron chi connectivity index (χ2n) is 5.65. The van der Waals surface area contributed by atoms with E-state index in [0.29, 0.717) is 0 Å². The van der Waals surface area contributed by atoms with Crippen molar-refractivity contribution in [3.05, 3.63) is 0 Å². The molecule has 2 atom stereocenters. The lowest BCUT2D eigenvalue weighted by Gasteiger charge is -2.28. The highest BCUT2D eigenvalue weighted by molar-refractivity contribution is 5.79. The van der Waals surface area contributed by atoms with Crippen molar-refractivity contribution in [2.75, 3.05) is 39.4 Å². The molecule has 5 nitrogen and oxygen atoms in total. The summed E-state index contributed by atoms with van der Waals surface area (Å²) in [6, 6.07) is 0.0630. The summed E-state index contributed by atoms with van der Waals surface area (Å²) in [7, 11) is 0. The Labute approximate surface area is 115 Å². The Morgan fingerprint density at radius 2 is 2.00 bits per heavy atom. The number of carbonyl (C=O) groups is 1. The van der Waals surface area contributed by atoms with E-state index in [1.165, 1.54) is 6.42 Å². The van der Waals surface area contributed by atoms with Crippen LogP contribution in [0.4, 0.5) is 0 Å². The first-order valence-corrected chi connectivity index (χ1v) is 7.61. The number of hydrogen-bond donors (Lipinski definition) is 2. The number of morpholine rings is 1. The minimum atomic E-state index is 0.0390. The molecule has 110 valence electrons. The Kier molecular flexibility index (Phi) is 6.07. The van der Waals surface area contributed by atoms with Crippen molar-refractivity contribution < 1.29 is 9.53 Å². The third-order valence-electron chi connectivity index (χ3n) is 4.21. The van der Waals surface area contributed by atoms with Gasteiger partial charge in [-0.1, -0.05) is 12.8 Å². The molecule has 2 aliphatic rings. The predicted molar refractivity (Wildman–Crippen MR) is 74.8 cm³/mol. The van der Waals surface area contributed by atoms with E-state index in [-0.39, 0.29) is 17.9 Å². The lowest BCUT2D eigenvalue weighted by Crippen LogP contribution is -2.44. The van der Waals surface area contributed by atoms with Crippen molar-refractivity contribution in [1.29, 1.82) is 0 Å². The van der Waals surface area contributed by atoms with Gasteiger partial charge in [-0.2, -0.15) is 0 Å². The molecule has 5 heteroatoms. The maximum Gasteiger partial charge on any atom is 0.224 e. The van der Waals surface area contributed by atoms with E-state index in [0.717, 1.165) is 65.1 Å². The minimum absolute atomic E-state index is 0.0390. The zero-order valence-corrected chi connectivity index (χ0v) is 11.8. The van der Waals surface area contributed by atoms with Crippen LogP contribution in [0.25, 0.3) is 0 Å². The average molecular weight is 269 g/mol. The number of amides is 1. The SMILES string of the molecule is N[C@H]1CCCC[C@H]1C(=O)NCCCN1CCOCC1. The summed E-state index contributed by atoms with van der Waals surface area (Å²) in [5.74, 6) is 0.200.